The summed E-state index contributed by atoms with van der Waals surface area (Å²) in [7, 11) is 1.58. The second-order valence-electron chi connectivity index (χ2n) is 5.69. The smallest absolute Gasteiger partial charge is 0.310 e. The highest BCUT2D eigenvalue weighted by atomic mass is 16.5. The molecular weight excluding hydrogens is 270 g/mol. The van der Waals surface area contributed by atoms with E-state index in [0.717, 1.165) is 5.56 Å². The molecule has 0 aliphatic carbocycles. The molecule has 0 aromatic heterocycles. The summed E-state index contributed by atoms with van der Waals surface area (Å²) in [4.78, 5) is 23.6. The van der Waals surface area contributed by atoms with Crippen molar-refractivity contribution in [2.24, 2.45) is 11.3 Å². The van der Waals surface area contributed by atoms with Gasteiger partial charge in [-0.15, -0.1) is 0 Å². The van der Waals surface area contributed by atoms with Crippen LogP contribution in [0.15, 0.2) is 24.3 Å². The Balaban J connectivity index is 2.85. The minimum atomic E-state index is -1.08. The maximum absolute atomic E-state index is 12.2. The quantitative estimate of drug-likeness (QED) is 0.810. The number of carboxylic acids is 1. The summed E-state index contributed by atoms with van der Waals surface area (Å²) in [5, 5.41) is 12.1. The first-order valence-corrected chi connectivity index (χ1v) is 6.91. The van der Waals surface area contributed by atoms with Crippen LogP contribution in [0.5, 0.6) is 0 Å². The molecule has 0 fully saturated rings. The molecule has 1 atom stereocenters. The number of carbonyl (C=O) groups excluding carboxylic acids is 1. The van der Waals surface area contributed by atoms with Crippen molar-refractivity contribution in [2.45, 2.75) is 33.8 Å². The number of methoxy groups -OCH3 is 1. The molecule has 116 valence electrons. The lowest BCUT2D eigenvalue weighted by atomic mass is 9.76. The van der Waals surface area contributed by atoms with Crippen LogP contribution in [0.25, 0.3) is 0 Å². The Labute approximate surface area is 125 Å². The van der Waals surface area contributed by atoms with Crippen molar-refractivity contribution in [1.29, 1.82) is 0 Å². The summed E-state index contributed by atoms with van der Waals surface area (Å²) in [6, 6.07) is 7.31. The number of carbonyl (C=O) groups is 2. The Hall–Kier alpha value is -1.88. The lowest BCUT2D eigenvalue weighted by molar-refractivity contribution is -0.153. The molecule has 5 nitrogen and oxygen atoms in total. The van der Waals surface area contributed by atoms with E-state index in [9.17, 15) is 14.7 Å². The number of anilines is 1. The molecular formula is C16H23NO4. The van der Waals surface area contributed by atoms with Crippen molar-refractivity contribution < 1.29 is 19.4 Å². The van der Waals surface area contributed by atoms with E-state index in [1.807, 2.05) is 18.2 Å². The summed E-state index contributed by atoms with van der Waals surface area (Å²) >= 11 is 0. The number of hydrogen-bond donors (Lipinski definition) is 2. The maximum Gasteiger partial charge on any atom is 0.310 e. The molecule has 1 unspecified atom stereocenters. The van der Waals surface area contributed by atoms with Crippen molar-refractivity contribution in [3.8, 4) is 0 Å². The van der Waals surface area contributed by atoms with Gasteiger partial charge < -0.3 is 15.2 Å². The van der Waals surface area contributed by atoms with Crippen LogP contribution in [-0.2, 0) is 20.9 Å². The van der Waals surface area contributed by atoms with Crippen molar-refractivity contribution in [2.75, 3.05) is 12.4 Å². The van der Waals surface area contributed by atoms with E-state index < -0.39 is 11.4 Å². The van der Waals surface area contributed by atoms with E-state index in [1.165, 1.54) is 0 Å². The number of benzene rings is 1. The number of hydrogen-bond acceptors (Lipinski definition) is 3. The predicted octanol–water partition coefficient (Wildman–Crippen LogP) is 2.91. The molecule has 21 heavy (non-hydrogen) atoms. The molecule has 0 spiro atoms. The summed E-state index contributed by atoms with van der Waals surface area (Å²) in [5.74, 6) is -1.41. The highest BCUT2D eigenvalue weighted by Crippen LogP contribution is 2.32. The molecule has 0 heterocycles. The third-order valence-corrected chi connectivity index (χ3v) is 3.88. The van der Waals surface area contributed by atoms with Gasteiger partial charge in [-0.05, 0) is 18.9 Å². The van der Waals surface area contributed by atoms with E-state index in [4.69, 9.17) is 4.74 Å². The number of ether oxygens (including phenoxy) is 1. The molecule has 0 aliphatic heterocycles. The van der Waals surface area contributed by atoms with Gasteiger partial charge in [0, 0.05) is 24.8 Å². The fourth-order valence-electron chi connectivity index (χ4n) is 1.98. The van der Waals surface area contributed by atoms with Crippen LogP contribution in [0.1, 0.15) is 32.8 Å². The van der Waals surface area contributed by atoms with Crippen LogP contribution >= 0.6 is 0 Å². The van der Waals surface area contributed by atoms with Crippen LogP contribution < -0.4 is 5.32 Å². The number of aliphatic carboxylic acids is 1. The third kappa shape index (κ3) is 4.29. The van der Waals surface area contributed by atoms with Crippen molar-refractivity contribution in [1.82, 2.24) is 0 Å². The van der Waals surface area contributed by atoms with Crippen LogP contribution in [0.3, 0.4) is 0 Å². The van der Waals surface area contributed by atoms with E-state index in [-0.39, 0.29) is 18.2 Å². The van der Waals surface area contributed by atoms with Gasteiger partial charge in [0.05, 0.1) is 12.0 Å². The van der Waals surface area contributed by atoms with Gasteiger partial charge in [0.1, 0.15) is 0 Å². The Kier molecular flexibility index (Phi) is 5.90. The van der Waals surface area contributed by atoms with Crippen molar-refractivity contribution in [3.63, 3.8) is 0 Å². The van der Waals surface area contributed by atoms with Gasteiger partial charge in [0.25, 0.3) is 0 Å². The number of amides is 1. The van der Waals surface area contributed by atoms with Gasteiger partial charge >= 0.3 is 5.97 Å². The Morgan fingerprint density at radius 3 is 2.48 bits per heavy atom. The lowest BCUT2D eigenvalue weighted by Crippen LogP contribution is -2.37. The zero-order valence-electron chi connectivity index (χ0n) is 13.0. The molecule has 0 radical (unpaired) electrons. The molecule has 1 aromatic carbocycles. The van der Waals surface area contributed by atoms with Gasteiger partial charge in [-0.3, -0.25) is 9.59 Å². The summed E-state index contributed by atoms with van der Waals surface area (Å²) in [6.07, 6.45) is -0.0681. The molecule has 2 N–H and O–H groups in total. The summed E-state index contributed by atoms with van der Waals surface area (Å²) in [5.41, 5.74) is 0.427. The topological polar surface area (TPSA) is 75.6 Å². The van der Waals surface area contributed by atoms with E-state index in [1.54, 1.807) is 33.9 Å². The average Bonchev–Trinajstić information content (AvgIpc) is 2.40. The number of carboxylic acid groups (broad SMARTS) is 1. The van der Waals surface area contributed by atoms with Gasteiger partial charge in [-0.2, -0.15) is 0 Å². The number of para-hydroxylation sites is 1. The molecule has 0 saturated heterocycles. The molecule has 1 amide bonds. The van der Waals surface area contributed by atoms with E-state index in [0.29, 0.717) is 12.3 Å². The molecule has 0 bridgehead atoms. The van der Waals surface area contributed by atoms with Crippen molar-refractivity contribution in [3.05, 3.63) is 29.8 Å². The predicted molar refractivity (Wildman–Crippen MR) is 81.0 cm³/mol. The molecule has 0 aliphatic rings. The molecule has 5 heteroatoms. The highest BCUT2D eigenvalue weighted by Gasteiger charge is 2.38. The van der Waals surface area contributed by atoms with Gasteiger partial charge in [-0.1, -0.05) is 32.0 Å². The van der Waals surface area contributed by atoms with Crippen LogP contribution in [0, 0.1) is 11.3 Å². The summed E-state index contributed by atoms with van der Waals surface area (Å²) in [6.45, 7) is 5.60. The number of rotatable bonds is 7. The second kappa shape index (κ2) is 7.22. The average molecular weight is 293 g/mol. The lowest BCUT2D eigenvalue weighted by Gasteiger charge is -2.28. The first-order valence-electron chi connectivity index (χ1n) is 6.91. The fourth-order valence-corrected chi connectivity index (χ4v) is 1.98. The first-order chi connectivity index (χ1) is 9.81. The maximum atomic E-state index is 12.2. The molecule has 0 saturated carbocycles. The third-order valence-electron chi connectivity index (χ3n) is 3.88. The minimum Gasteiger partial charge on any atom is -0.481 e. The van der Waals surface area contributed by atoms with Crippen LogP contribution in [0.4, 0.5) is 5.69 Å². The zero-order valence-corrected chi connectivity index (χ0v) is 13.0. The summed E-state index contributed by atoms with van der Waals surface area (Å²) < 4.78 is 5.08. The Bertz CT molecular complexity index is 513. The Morgan fingerprint density at radius 2 is 1.95 bits per heavy atom. The zero-order chi connectivity index (χ0) is 16.0. The largest absolute Gasteiger partial charge is 0.481 e. The van der Waals surface area contributed by atoms with Crippen molar-refractivity contribution >= 4 is 17.6 Å². The van der Waals surface area contributed by atoms with Crippen LogP contribution in [-0.4, -0.2) is 24.1 Å². The monoisotopic (exact) mass is 293 g/mol. The SMILES string of the molecule is COCc1ccccc1NC(=O)CC(C)(C(=O)O)C(C)C. The van der Waals surface area contributed by atoms with Crippen LogP contribution in [0.2, 0.25) is 0 Å². The second-order valence-corrected chi connectivity index (χ2v) is 5.69. The van der Waals surface area contributed by atoms with Gasteiger partial charge in [0.15, 0.2) is 0 Å². The minimum absolute atomic E-state index is 0.0681. The normalized spacial score (nSPS) is 13.8. The van der Waals surface area contributed by atoms with E-state index >= 15 is 0 Å². The molecule has 1 rings (SSSR count). The van der Waals surface area contributed by atoms with E-state index in [2.05, 4.69) is 5.32 Å². The van der Waals surface area contributed by atoms with Gasteiger partial charge in [0.2, 0.25) is 5.91 Å². The fraction of sp³-hybridized carbons (Fsp3) is 0.500. The standard InChI is InChI=1S/C16H23NO4/c1-11(2)16(3,15(19)20)9-14(18)17-13-8-6-5-7-12(13)10-21-4/h5-8,11H,9-10H2,1-4H3,(H,17,18)(H,19,20). The van der Waals surface area contributed by atoms with Gasteiger partial charge in [-0.25, -0.2) is 0 Å². The highest BCUT2D eigenvalue weighted by molar-refractivity contribution is 5.94. The number of nitrogens with one attached hydrogen (secondary N) is 1. The molecule has 1 aromatic rings. The first kappa shape index (κ1) is 17.2. The Morgan fingerprint density at radius 1 is 1.33 bits per heavy atom.